The molecule has 3 nitrogen and oxygen atoms in total. The van der Waals surface area contributed by atoms with Gasteiger partial charge in [0.2, 0.25) is 0 Å². The average molecular weight is 244 g/mol. The highest BCUT2D eigenvalue weighted by molar-refractivity contribution is 4.47. The molecule has 0 atom stereocenters. The molecule has 3 heteroatoms. The lowest BCUT2D eigenvalue weighted by molar-refractivity contribution is 0.124. The molecule has 0 unspecified atom stereocenters. The van der Waals surface area contributed by atoms with E-state index in [4.69, 9.17) is 4.74 Å². The first-order chi connectivity index (χ1) is 8.27. The smallest absolute Gasteiger partial charge is 0.0822 e. The molecular formula is C14H30NO2. The van der Waals surface area contributed by atoms with Gasteiger partial charge < -0.3 is 9.64 Å². The SMILES string of the molecule is CN(C)CCCCCCOCCCCCC[O]. The number of nitrogens with zero attached hydrogens (tertiary/aromatic N) is 1. The lowest BCUT2D eigenvalue weighted by atomic mass is 10.2. The van der Waals surface area contributed by atoms with Crippen molar-refractivity contribution in [3.8, 4) is 0 Å². The number of hydrogen-bond acceptors (Lipinski definition) is 2. The maximum Gasteiger partial charge on any atom is 0.0822 e. The Hall–Kier alpha value is -0.120. The van der Waals surface area contributed by atoms with E-state index < -0.39 is 0 Å². The normalized spacial score (nSPS) is 11.3. The van der Waals surface area contributed by atoms with Gasteiger partial charge >= 0.3 is 0 Å². The van der Waals surface area contributed by atoms with Crippen LogP contribution in [0.4, 0.5) is 0 Å². The summed E-state index contributed by atoms with van der Waals surface area (Å²) in [5.41, 5.74) is 0. The fourth-order valence-electron chi connectivity index (χ4n) is 1.75. The van der Waals surface area contributed by atoms with E-state index in [-0.39, 0.29) is 6.61 Å². The summed E-state index contributed by atoms with van der Waals surface area (Å²) in [6, 6.07) is 0. The van der Waals surface area contributed by atoms with Crippen molar-refractivity contribution in [3.05, 3.63) is 0 Å². The van der Waals surface area contributed by atoms with Gasteiger partial charge in [-0.25, -0.2) is 5.11 Å². The van der Waals surface area contributed by atoms with Crippen LogP contribution in [0.25, 0.3) is 0 Å². The molecule has 0 bridgehead atoms. The molecule has 0 aliphatic rings. The number of rotatable bonds is 13. The minimum absolute atomic E-state index is 0.0772. The van der Waals surface area contributed by atoms with Crippen molar-refractivity contribution >= 4 is 0 Å². The van der Waals surface area contributed by atoms with Gasteiger partial charge in [0.05, 0.1) is 6.61 Å². The standard InChI is InChI=1S/C14H30NO2/c1-15(2)11-7-3-5-9-13-17-14-10-6-4-8-12-16/h3-14H2,1-2H3. The maximum absolute atomic E-state index is 10.2. The van der Waals surface area contributed by atoms with Crippen LogP contribution in [-0.4, -0.2) is 45.4 Å². The Balaban J connectivity index is 2.89. The first kappa shape index (κ1) is 16.9. The predicted octanol–water partition coefficient (Wildman–Crippen LogP) is 3.12. The summed E-state index contributed by atoms with van der Waals surface area (Å²) in [6.07, 6.45) is 9.22. The Kier molecular flexibility index (Phi) is 13.8. The van der Waals surface area contributed by atoms with Crippen LogP contribution in [-0.2, 0) is 9.84 Å². The molecule has 0 saturated carbocycles. The minimum atomic E-state index is 0.0772. The van der Waals surface area contributed by atoms with Crippen molar-refractivity contribution in [1.29, 1.82) is 0 Å². The second kappa shape index (κ2) is 13.9. The highest BCUT2D eigenvalue weighted by atomic mass is 16.5. The molecule has 0 heterocycles. The van der Waals surface area contributed by atoms with Crippen molar-refractivity contribution in [1.82, 2.24) is 4.90 Å². The zero-order valence-corrected chi connectivity index (χ0v) is 11.7. The monoisotopic (exact) mass is 244 g/mol. The van der Waals surface area contributed by atoms with Crippen LogP contribution in [0, 0.1) is 0 Å². The van der Waals surface area contributed by atoms with E-state index in [1.807, 2.05) is 0 Å². The van der Waals surface area contributed by atoms with Crippen LogP contribution in [0.5, 0.6) is 0 Å². The van der Waals surface area contributed by atoms with E-state index in [0.717, 1.165) is 38.9 Å². The van der Waals surface area contributed by atoms with E-state index in [1.54, 1.807) is 0 Å². The van der Waals surface area contributed by atoms with Gasteiger partial charge in [0.15, 0.2) is 0 Å². The van der Waals surface area contributed by atoms with Crippen LogP contribution in [0.3, 0.4) is 0 Å². The number of unbranched alkanes of at least 4 members (excludes halogenated alkanes) is 6. The molecule has 0 saturated heterocycles. The molecule has 0 spiro atoms. The first-order valence-electron chi connectivity index (χ1n) is 7.08. The van der Waals surface area contributed by atoms with Gasteiger partial charge in [-0.15, -0.1) is 0 Å². The molecule has 0 aromatic rings. The molecule has 0 rings (SSSR count). The quantitative estimate of drug-likeness (QED) is 0.466. The van der Waals surface area contributed by atoms with Crippen molar-refractivity contribution in [2.75, 3.05) is 40.5 Å². The number of hydrogen-bond donors (Lipinski definition) is 0. The summed E-state index contributed by atoms with van der Waals surface area (Å²) in [5.74, 6) is 0. The Morgan fingerprint density at radius 1 is 0.765 bits per heavy atom. The van der Waals surface area contributed by atoms with Crippen molar-refractivity contribution in [3.63, 3.8) is 0 Å². The summed E-state index contributed by atoms with van der Waals surface area (Å²) in [6.45, 7) is 3.05. The van der Waals surface area contributed by atoms with E-state index in [0.29, 0.717) is 0 Å². The molecular weight excluding hydrogens is 214 g/mol. The van der Waals surface area contributed by atoms with E-state index >= 15 is 0 Å². The summed E-state index contributed by atoms with van der Waals surface area (Å²) in [4.78, 5) is 2.23. The van der Waals surface area contributed by atoms with Crippen LogP contribution >= 0.6 is 0 Å². The van der Waals surface area contributed by atoms with Gasteiger partial charge in [-0.1, -0.05) is 25.7 Å². The van der Waals surface area contributed by atoms with Gasteiger partial charge in [0.1, 0.15) is 0 Å². The summed E-state index contributed by atoms with van der Waals surface area (Å²) in [7, 11) is 4.24. The van der Waals surface area contributed by atoms with Crippen molar-refractivity contribution in [2.24, 2.45) is 0 Å². The van der Waals surface area contributed by atoms with Gasteiger partial charge in [-0.05, 0) is 46.3 Å². The van der Waals surface area contributed by atoms with E-state index in [2.05, 4.69) is 19.0 Å². The van der Waals surface area contributed by atoms with Crippen LogP contribution in [0.15, 0.2) is 0 Å². The fraction of sp³-hybridized carbons (Fsp3) is 1.00. The minimum Gasteiger partial charge on any atom is -0.381 e. The third-order valence-electron chi connectivity index (χ3n) is 2.83. The van der Waals surface area contributed by atoms with Crippen LogP contribution < -0.4 is 0 Å². The number of ether oxygens (including phenoxy) is 1. The molecule has 0 fully saturated rings. The van der Waals surface area contributed by atoms with Crippen LogP contribution in [0.2, 0.25) is 0 Å². The molecule has 0 aliphatic heterocycles. The fourth-order valence-corrected chi connectivity index (χ4v) is 1.75. The van der Waals surface area contributed by atoms with Crippen molar-refractivity contribution in [2.45, 2.75) is 51.4 Å². The molecule has 17 heavy (non-hydrogen) atoms. The lowest BCUT2D eigenvalue weighted by Gasteiger charge is -2.08. The summed E-state index contributed by atoms with van der Waals surface area (Å²) in [5, 5.41) is 10.2. The third-order valence-corrected chi connectivity index (χ3v) is 2.83. The Morgan fingerprint density at radius 3 is 1.82 bits per heavy atom. The van der Waals surface area contributed by atoms with Crippen LogP contribution in [0.1, 0.15) is 51.4 Å². The molecule has 0 amide bonds. The molecule has 103 valence electrons. The Labute approximate surface area is 107 Å². The summed E-state index contributed by atoms with van der Waals surface area (Å²) >= 11 is 0. The topological polar surface area (TPSA) is 32.4 Å². The lowest BCUT2D eigenvalue weighted by Crippen LogP contribution is -2.12. The van der Waals surface area contributed by atoms with Gasteiger partial charge in [-0.2, -0.15) is 0 Å². The largest absolute Gasteiger partial charge is 0.381 e. The zero-order valence-electron chi connectivity index (χ0n) is 11.7. The average Bonchev–Trinajstić information content (AvgIpc) is 2.30. The second-order valence-corrected chi connectivity index (χ2v) is 4.95. The maximum atomic E-state index is 10.2. The Morgan fingerprint density at radius 2 is 1.29 bits per heavy atom. The van der Waals surface area contributed by atoms with Crippen molar-refractivity contribution < 1.29 is 9.84 Å². The van der Waals surface area contributed by atoms with Gasteiger partial charge in [0, 0.05) is 13.2 Å². The zero-order chi connectivity index (χ0) is 12.8. The molecule has 0 N–H and O–H groups in total. The highest BCUT2D eigenvalue weighted by Gasteiger charge is 1.93. The highest BCUT2D eigenvalue weighted by Crippen LogP contribution is 2.02. The van der Waals surface area contributed by atoms with Gasteiger partial charge in [0.25, 0.3) is 0 Å². The van der Waals surface area contributed by atoms with E-state index in [9.17, 15) is 5.11 Å². The van der Waals surface area contributed by atoms with E-state index in [1.165, 1.54) is 32.2 Å². The molecule has 1 radical (unpaired) electrons. The molecule has 0 aliphatic carbocycles. The molecule has 0 aromatic carbocycles. The molecule has 0 aromatic heterocycles. The summed E-state index contributed by atoms with van der Waals surface area (Å²) < 4.78 is 5.55. The van der Waals surface area contributed by atoms with Gasteiger partial charge in [-0.3, -0.25) is 0 Å². The Bertz CT molecular complexity index is 140. The third kappa shape index (κ3) is 15.9. The first-order valence-corrected chi connectivity index (χ1v) is 7.08. The predicted molar refractivity (Wildman–Crippen MR) is 71.9 cm³/mol. The second-order valence-electron chi connectivity index (χ2n) is 4.95.